The van der Waals surface area contributed by atoms with Crippen LogP contribution in [0.25, 0.3) is 0 Å². The van der Waals surface area contributed by atoms with Gasteiger partial charge in [-0.2, -0.15) is 0 Å². The Bertz CT molecular complexity index is 824. The maximum Gasteiger partial charge on any atom is 0.335 e. The summed E-state index contributed by atoms with van der Waals surface area (Å²) in [6.45, 7) is 0. The van der Waals surface area contributed by atoms with Crippen LogP contribution < -0.4 is 4.74 Å². The Morgan fingerprint density at radius 3 is 2.52 bits per heavy atom. The van der Waals surface area contributed by atoms with Gasteiger partial charge in [0.1, 0.15) is 17.6 Å². The minimum absolute atomic E-state index is 0.166. The van der Waals surface area contributed by atoms with Crippen molar-refractivity contribution in [2.45, 2.75) is 25.4 Å². The van der Waals surface area contributed by atoms with Crippen molar-refractivity contribution in [1.82, 2.24) is 0 Å². The molecule has 0 saturated carbocycles. The molecule has 116 valence electrons. The number of carbonyl (C=O) groups excluding carboxylic acids is 1. The number of benzene rings is 2. The maximum absolute atomic E-state index is 11.3. The van der Waals surface area contributed by atoms with Gasteiger partial charge in [0.2, 0.25) is 0 Å². The summed E-state index contributed by atoms with van der Waals surface area (Å²) in [5, 5.41) is 9.10. The first-order chi connectivity index (χ1) is 11.1. The van der Waals surface area contributed by atoms with Crippen molar-refractivity contribution in [2.75, 3.05) is 0 Å². The van der Waals surface area contributed by atoms with E-state index in [-0.39, 0.29) is 17.6 Å². The molecule has 0 aromatic heterocycles. The zero-order chi connectivity index (χ0) is 16.0. The van der Waals surface area contributed by atoms with Crippen molar-refractivity contribution < 1.29 is 24.2 Å². The lowest BCUT2D eigenvalue weighted by Gasteiger charge is -2.22. The molecular formula is C18H14O5. The van der Waals surface area contributed by atoms with Gasteiger partial charge in [-0.1, -0.05) is 6.07 Å². The summed E-state index contributed by atoms with van der Waals surface area (Å²) in [4.78, 5) is 22.4. The van der Waals surface area contributed by atoms with Crippen LogP contribution >= 0.6 is 0 Å². The number of esters is 1. The number of hydrogen-bond acceptors (Lipinski definition) is 4. The molecule has 2 aliphatic rings. The zero-order valence-corrected chi connectivity index (χ0v) is 12.2. The molecule has 0 bridgehead atoms. The first kappa shape index (κ1) is 13.8. The van der Waals surface area contributed by atoms with Crippen molar-refractivity contribution in [3.8, 4) is 11.5 Å². The molecule has 0 radical (unpaired) electrons. The largest absolute Gasteiger partial charge is 0.478 e. The third-order valence-electron chi connectivity index (χ3n) is 4.25. The quantitative estimate of drug-likeness (QED) is 0.734. The molecule has 1 unspecified atom stereocenters. The van der Waals surface area contributed by atoms with Crippen molar-refractivity contribution >= 4 is 11.9 Å². The molecule has 2 aromatic carbocycles. The van der Waals surface area contributed by atoms with E-state index in [1.807, 2.05) is 18.2 Å². The number of cyclic esters (lactones) is 1. The van der Waals surface area contributed by atoms with E-state index in [9.17, 15) is 9.59 Å². The Kier molecular flexibility index (Phi) is 3.08. The first-order valence-electron chi connectivity index (χ1n) is 7.46. The summed E-state index contributed by atoms with van der Waals surface area (Å²) >= 11 is 0. The van der Waals surface area contributed by atoms with Gasteiger partial charge in [0.05, 0.1) is 5.56 Å². The number of ether oxygens (including phenoxy) is 2. The van der Waals surface area contributed by atoms with Gasteiger partial charge in [-0.15, -0.1) is 0 Å². The number of aromatic carboxylic acids is 1. The van der Waals surface area contributed by atoms with Gasteiger partial charge in [-0.25, -0.2) is 4.79 Å². The molecule has 4 rings (SSSR count). The average Bonchev–Trinajstić information content (AvgIpc) is 2.98. The SMILES string of the molecule is O=C1CCC(c2ccc3c(c2)Cc2cc(C(=O)O)ccc2O3)O1. The molecule has 5 nitrogen and oxygen atoms in total. The molecule has 1 saturated heterocycles. The van der Waals surface area contributed by atoms with Gasteiger partial charge in [-0.3, -0.25) is 4.79 Å². The van der Waals surface area contributed by atoms with E-state index in [0.717, 1.165) is 22.4 Å². The van der Waals surface area contributed by atoms with Gasteiger partial charge in [-0.05, 0) is 47.9 Å². The second-order valence-electron chi connectivity index (χ2n) is 5.79. The molecule has 0 amide bonds. The molecule has 1 N–H and O–H groups in total. The van der Waals surface area contributed by atoms with Gasteiger partial charge in [0, 0.05) is 18.4 Å². The number of carboxylic acid groups (broad SMARTS) is 1. The van der Waals surface area contributed by atoms with E-state index in [1.165, 1.54) is 0 Å². The highest BCUT2D eigenvalue weighted by Gasteiger charge is 2.26. The summed E-state index contributed by atoms with van der Waals surface area (Å²) < 4.78 is 11.2. The van der Waals surface area contributed by atoms with E-state index < -0.39 is 5.97 Å². The second kappa shape index (κ2) is 5.12. The standard InChI is InChI=1S/C18H14O5/c19-17-6-5-14(23-17)10-1-3-15-12(7-10)9-13-8-11(18(20)21)2-4-16(13)22-15/h1-4,7-8,14H,5-6,9H2,(H,20,21). The predicted molar refractivity (Wildman–Crippen MR) is 80.8 cm³/mol. The van der Waals surface area contributed by atoms with Crippen LogP contribution in [0.4, 0.5) is 0 Å². The normalized spacial score (nSPS) is 18.6. The molecule has 0 spiro atoms. The van der Waals surface area contributed by atoms with Crippen LogP contribution in [0.1, 0.15) is 46.0 Å². The molecule has 2 heterocycles. The van der Waals surface area contributed by atoms with Crippen LogP contribution in [0.2, 0.25) is 0 Å². The lowest BCUT2D eigenvalue weighted by atomic mass is 9.95. The van der Waals surface area contributed by atoms with Crippen molar-refractivity contribution in [2.24, 2.45) is 0 Å². The molecule has 2 aliphatic heterocycles. The molecule has 0 aliphatic carbocycles. The third kappa shape index (κ3) is 2.44. The van der Waals surface area contributed by atoms with E-state index in [4.69, 9.17) is 14.6 Å². The summed E-state index contributed by atoms with van der Waals surface area (Å²) in [5.41, 5.74) is 3.02. The summed E-state index contributed by atoms with van der Waals surface area (Å²) in [5.74, 6) is 0.321. The Balaban J connectivity index is 1.66. The van der Waals surface area contributed by atoms with E-state index in [2.05, 4.69) is 0 Å². The fourth-order valence-corrected chi connectivity index (χ4v) is 3.07. The third-order valence-corrected chi connectivity index (χ3v) is 4.25. The maximum atomic E-state index is 11.3. The molecule has 1 fully saturated rings. The second-order valence-corrected chi connectivity index (χ2v) is 5.79. The summed E-state index contributed by atoms with van der Waals surface area (Å²) in [6.07, 6.45) is 1.54. The van der Waals surface area contributed by atoms with Crippen LogP contribution in [0, 0.1) is 0 Å². The van der Waals surface area contributed by atoms with E-state index >= 15 is 0 Å². The smallest absolute Gasteiger partial charge is 0.335 e. The average molecular weight is 310 g/mol. The highest BCUT2D eigenvalue weighted by molar-refractivity contribution is 5.88. The highest BCUT2D eigenvalue weighted by Crippen LogP contribution is 2.39. The molecule has 5 heteroatoms. The Hall–Kier alpha value is -2.82. The number of fused-ring (bicyclic) bond motifs is 2. The van der Waals surface area contributed by atoms with E-state index in [0.29, 0.717) is 25.0 Å². The number of carbonyl (C=O) groups is 2. The fraction of sp³-hybridized carbons (Fsp3) is 0.222. The van der Waals surface area contributed by atoms with Crippen molar-refractivity contribution in [3.05, 3.63) is 58.7 Å². The first-order valence-corrected chi connectivity index (χ1v) is 7.46. The lowest BCUT2D eigenvalue weighted by Crippen LogP contribution is -2.07. The van der Waals surface area contributed by atoms with Gasteiger partial charge >= 0.3 is 11.9 Å². The highest BCUT2D eigenvalue weighted by atomic mass is 16.5. The van der Waals surface area contributed by atoms with Crippen LogP contribution in [-0.4, -0.2) is 17.0 Å². The minimum atomic E-state index is -0.954. The number of carboxylic acids is 1. The zero-order valence-electron chi connectivity index (χ0n) is 12.2. The van der Waals surface area contributed by atoms with Gasteiger partial charge < -0.3 is 14.6 Å². The molecule has 2 aromatic rings. The summed E-state index contributed by atoms with van der Waals surface area (Å²) in [7, 11) is 0. The monoisotopic (exact) mass is 310 g/mol. The number of hydrogen-bond donors (Lipinski definition) is 1. The molecule has 1 atom stereocenters. The van der Waals surface area contributed by atoms with Crippen molar-refractivity contribution in [1.29, 1.82) is 0 Å². The molecular weight excluding hydrogens is 296 g/mol. The number of rotatable bonds is 2. The van der Waals surface area contributed by atoms with Crippen molar-refractivity contribution in [3.63, 3.8) is 0 Å². The predicted octanol–water partition coefficient (Wildman–Crippen LogP) is 3.46. The molecule has 23 heavy (non-hydrogen) atoms. The lowest BCUT2D eigenvalue weighted by molar-refractivity contribution is -0.141. The Morgan fingerprint density at radius 1 is 1.09 bits per heavy atom. The fourth-order valence-electron chi connectivity index (χ4n) is 3.07. The minimum Gasteiger partial charge on any atom is -0.478 e. The van der Waals surface area contributed by atoms with Gasteiger partial charge in [0.15, 0.2) is 0 Å². The van der Waals surface area contributed by atoms with Crippen LogP contribution in [0.3, 0.4) is 0 Å². The van der Waals surface area contributed by atoms with Gasteiger partial charge in [0.25, 0.3) is 0 Å². The topological polar surface area (TPSA) is 72.8 Å². The Labute approximate surface area is 132 Å². The summed E-state index contributed by atoms with van der Waals surface area (Å²) in [6, 6.07) is 10.6. The van der Waals surface area contributed by atoms with E-state index in [1.54, 1.807) is 18.2 Å². The van der Waals surface area contributed by atoms with Crippen LogP contribution in [0.15, 0.2) is 36.4 Å². The van der Waals surface area contributed by atoms with Crippen LogP contribution in [-0.2, 0) is 16.0 Å². The Morgan fingerprint density at radius 2 is 1.83 bits per heavy atom. The van der Waals surface area contributed by atoms with Crippen LogP contribution in [0.5, 0.6) is 11.5 Å².